The van der Waals surface area contributed by atoms with E-state index in [2.05, 4.69) is 289 Å². The average molecular weight is 1660 g/mol. The quantitative estimate of drug-likeness (QED) is 0.0216. The lowest BCUT2D eigenvalue weighted by atomic mass is 9.99. The van der Waals surface area contributed by atoms with Crippen LogP contribution in [-0.2, 0) is 0 Å². The highest BCUT2D eigenvalue weighted by Crippen LogP contribution is 2.32. The summed E-state index contributed by atoms with van der Waals surface area (Å²) in [6.45, 7) is 12.2. The molecule has 11 aromatic rings. The van der Waals surface area contributed by atoms with Gasteiger partial charge in [0.2, 0.25) is 0 Å². The first-order valence-corrected chi connectivity index (χ1v) is 48.9. The first-order valence-electron chi connectivity index (χ1n) is 48.9. The summed E-state index contributed by atoms with van der Waals surface area (Å²) in [6, 6.07) is 72.2. The Hall–Kier alpha value is -10.2. The molecular formula is C119H146O5. The van der Waals surface area contributed by atoms with E-state index in [9.17, 15) is 4.79 Å². The average Bonchev–Trinajstić information content (AvgIpc) is 0.852. The molecule has 0 saturated carbocycles. The van der Waals surface area contributed by atoms with Crippen molar-refractivity contribution in [3.8, 4) is 23.0 Å². The van der Waals surface area contributed by atoms with Crippen LogP contribution in [0.1, 0.15) is 362 Å². The maximum atomic E-state index is 12.9. The van der Waals surface area contributed by atoms with Gasteiger partial charge in [-0.25, -0.2) is 0 Å². The van der Waals surface area contributed by atoms with Crippen molar-refractivity contribution in [3.05, 3.63) is 273 Å². The largest absolute Gasteiger partial charge is 0.494 e. The highest BCUT2D eigenvalue weighted by atomic mass is 16.5. The summed E-state index contributed by atoms with van der Waals surface area (Å²) in [7, 11) is 0. The van der Waals surface area contributed by atoms with E-state index in [1.807, 2.05) is 12.1 Å². The van der Waals surface area contributed by atoms with E-state index in [0.29, 0.717) is 5.56 Å². The molecule has 652 valence electrons. The van der Waals surface area contributed by atoms with Gasteiger partial charge < -0.3 is 18.9 Å². The van der Waals surface area contributed by atoms with E-state index in [1.54, 1.807) is 0 Å². The van der Waals surface area contributed by atoms with Gasteiger partial charge in [0, 0.05) is 5.56 Å². The molecule has 0 radical (unpaired) electrons. The van der Waals surface area contributed by atoms with Crippen LogP contribution in [0.3, 0.4) is 0 Å². The molecule has 11 rings (SSSR count). The van der Waals surface area contributed by atoms with Crippen molar-refractivity contribution < 1.29 is 23.7 Å². The second kappa shape index (κ2) is 55.9. The number of carbonyl (C=O) groups excluding carboxylic acids is 1. The van der Waals surface area contributed by atoms with Gasteiger partial charge in [-0.05, 0) is 263 Å². The van der Waals surface area contributed by atoms with Crippen molar-refractivity contribution in [1.82, 2.24) is 0 Å². The Morgan fingerprint density at radius 1 is 0.161 bits per heavy atom. The molecule has 11 aromatic carbocycles. The Morgan fingerprint density at radius 2 is 0.315 bits per heavy atom. The van der Waals surface area contributed by atoms with Crippen molar-refractivity contribution >= 4 is 122 Å². The predicted molar refractivity (Wildman–Crippen MR) is 543 cm³/mol. The summed E-state index contributed by atoms with van der Waals surface area (Å²) in [5, 5.41) is 9.42. The van der Waals surface area contributed by atoms with Gasteiger partial charge in [0.15, 0.2) is 0 Å². The maximum Gasteiger partial charge on any atom is 0.150 e. The van der Waals surface area contributed by atoms with Crippen LogP contribution in [0, 0.1) is 0 Å². The van der Waals surface area contributed by atoms with Crippen LogP contribution in [0.2, 0.25) is 0 Å². The standard InChI is InChI=1S/C119H146O5/c1-5-9-13-17-21-25-29-33-37-41-73-121-116-69-65-108-86-95(57-61-112(108)90-116)45-49-99-77-100(50-46-96-58-62-113-91-117(70-66-109(113)87-96)122-74-42-38-34-30-26-22-18-14-10-6-2)80-103(79-99)53-55-105-83-106(85-107(84-105)94-120)56-54-104-81-101(51-47-97-59-63-114-92-118(71-67-110(114)88-97)123-75-43-39-35-31-27-23-19-15-11-7-3)78-102(82-104)52-48-98-60-64-115-93-119(72-68-111(115)89-98)124-76-44-40-36-32-28-24-20-16-12-8-4/h45-72,77-94H,5-44,73-76H2,1-4H3/b49-45+,50-46+,51-47+,52-48+,55-53+,56-54+. The van der Waals surface area contributed by atoms with Gasteiger partial charge in [-0.2, -0.15) is 0 Å². The molecule has 0 N–H and O–H groups in total. The molecule has 124 heavy (non-hydrogen) atoms. The lowest BCUT2D eigenvalue weighted by Crippen LogP contribution is -1.97. The molecule has 0 saturated heterocycles. The zero-order valence-electron chi connectivity index (χ0n) is 76.2. The Morgan fingerprint density at radius 3 is 0.500 bits per heavy atom. The molecule has 0 unspecified atom stereocenters. The highest BCUT2D eigenvalue weighted by Gasteiger charge is 2.10. The monoisotopic (exact) mass is 1660 g/mol. The minimum absolute atomic E-state index is 0.612. The topological polar surface area (TPSA) is 54.0 Å². The van der Waals surface area contributed by atoms with Crippen molar-refractivity contribution in [2.24, 2.45) is 0 Å². The highest BCUT2D eigenvalue weighted by molar-refractivity contribution is 5.92. The Bertz CT molecular complexity index is 4580. The number of carbonyl (C=O) groups is 1. The third-order valence-electron chi connectivity index (χ3n) is 24.4. The number of hydrogen-bond donors (Lipinski definition) is 0. The molecule has 5 heteroatoms. The Labute approximate surface area is 747 Å². The van der Waals surface area contributed by atoms with Crippen LogP contribution < -0.4 is 18.9 Å². The van der Waals surface area contributed by atoms with E-state index >= 15 is 0 Å². The number of benzene rings is 11. The molecule has 0 bridgehead atoms. The SMILES string of the molecule is CCCCCCCCCCCCOc1ccc2cc(/C=C/c3cc(/C=C/c4cc(C=O)cc(/C=C/c5cc(/C=C/c6ccc7cc(OCCCCCCCCCCCC)ccc7c6)cc(/C=C/c6ccc7cc(OCCCCCCCCCCCC)ccc7c6)c5)c4)cc(/C=C/c4ccc5cc(OCCCCCCCCCCCC)ccc5c4)c3)ccc2c1. The number of fused-ring (bicyclic) bond motifs is 4. The lowest BCUT2D eigenvalue weighted by molar-refractivity contribution is 0.112. The molecule has 0 aliphatic carbocycles. The van der Waals surface area contributed by atoms with Gasteiger partial charge >= 0.3 is 0 Å². The molecule has 0 heterocycles. The summed E-state index contributed by atoms with van der Waals surface area (Å²) in [5.74, 6) is 3.73. The summed E-state index contributed by atoms with van der Waals surface area (Å²) >= 11 is 0. The van der Waals surface area contributed by atoms with Crippen LogP contribution in [0.4, 0.5) is 0 Å². The number of rotatable bonds is 61. The van der Waals surface area contributed by atoms with Gasteiger partial charge in [0.05, 0.1) is 26.4 Å². The van der Waals surface area contributed by atoms with Crippen molar-refractivity contribution in [2.45, 2.75) is 285 Å². The fourth-order valence-corrected chi connectivity index (χ4v) is 17.0. The minimum atomic E-state index is 0.612. The van der Waals surface area contributed by atoms with Gasteiger partial charge in [0.25, 0.3) is 0 Å². The van der Waals surface area contributed by atoms with E-state index in [1.165, 1.54) is 274 Å². The van der Waals surface area contributed by atoms with E-state index in [-0.39, 0.29) is 0 Å². The summed E-state index contributed by atoms with van der Waals surface area (Å²) in [4.78, 5) is 12.9. The first kappa shape index (κ1) is 94.4. The smallest absolute Gasteiger partial charge is 0.150 e. The van der Waals surface area contributed by atoms with E-state index in [0.717, 1.165) is 148 Å². The molecular weight excluding hydrogens is 1510 g/mol. The van der Waals surface area contributed by atoms with Crippen LogP contribution >= 0.6 is 0 Å². The van der Waals surface area contributed by atoms with Crippen LogP contribution in [-0.4, -0.2) is 32.7 Å². The second-order valence-electron chi connectivity index (χ2n) is 35.1. The summed E-state index contributed by atoms with van der Waals surface area (Å²) in [6.07, 6.45) is 79.7. The molecule has 0 fully saturated rings. The van der Waals surface area contributed by atoms with E-state index < -0.39 is 0 Å². The van der Waals surface area contributed by atoms with Crippen molar-refractivity contribution in [2.75, 3.05) is 26.4 Å². The third-order valence-corrected chi connectivity index (χ3v) is 24.4. The van der Waals surface area contributed by atoms with Gasteiger partial charge in [-0.1, -0.05) is 405 Å². The zero-order valence-corrected chi connectivity index (χ0v) is 76.2. The third kappa shape index (κ3) is 35.1. The minimum Gasteiger partial charge on any atom is -0.494 e. The van der Waals surface area contributed by atoms with Crippen LogP contribution in [0.25, 0.3) is 116 Å². The number of hydrogen-bond acceptors (Lipinski definition) is 5. The Kier molecular flexibility index (Phi) is 42.6. The van der Waals surface area contributed by atoms with Gasteiger partial charge in [-0.15, -0.1) is 0 Å². The summed E-state index contributed by atoms with van der Waals surface area (Å²) < 4.78 is 25.1. The van der Waals surface area contributed by atoms with Crippen molar-refractivity contribution in [3.63, 3.8) is 0 Å². The van der Waals surface area contributed by atoms with Crippen LogP contribution in [0.15, 0.2) is 200 Å². The molecule has 0 amide bonds. The number of aldehydes is 1. The van der Waals surface area contributed by atoms with Crippen LogP contribution in [0.5, 0.6) is 23.0 Å². The second-order valence-corrected chi connectivity index (χ2v) is 35.1. The molecule has 5 nitrogen and oxygen atoms in total. The predicted octanol–water partition coefficient (Wildman–Crippen LogP) is 36.3. The maximum absolute atomic E-state index is 12.9. The molecule has 0 aliphatic heterocycles. The molecule has 0 spiro atoms. The number of unbranched alkanes of at least 4 members (excludes halogenated alkanes) is 36. The molecule has 0 atom stereocenters. The lowest BCUT2D eigenvalue weighted by Gasteiger charge is -2.08. The number of ether oxygens (including phenoxy) is 4. The summed E-state index contributed by atoms with van der Waals surface area (Å²) in [5.41, 5.74) is 13.4. The fourth-order valence-electron chi connectivity index (χ4n) is 17.0. The van der Waals surface area contributed by atoms with Gasteiger partial charge in [0.1, 0.15) is 29.3 Å². The Balaban J connectivity index is 0.796. The zero-order chi connectivity index (χ0) is 85.9. The normalized spacial score (nSPS) is 12.0. The molecule has 0 aliphatic rings. The van der Waals surface area contributed by atoms with Gasteiger partial charge in [-0.3, -0.25) is 4.79 Å². The first-order chi connectivity index (χ1) is 61.2. The van der Waals surface area contributed by atoms with Crippen molar-refractivity contribution in [1.29, 1.82) is 0 Å². The fraction of sp³-hybridized carbons (Fsp3) is 0.403. The molecule has 0 aromatic heterocycles. The van der Waals surface area contributed by atoms with E-state index in [4.69, 9.17) is 18.9 Å².